The van der Waals surface area contributed by atoms with Crippen LogP contribution in [0.25, 0.3) is 10.4 Å². The number of hydrogen-bond acceptors (Lipinski definition) is 5. The van der Waals surface area contributed by atoms with Gasteiger partial charge in [0.25, 0.3) is 0 Å². The SMILES string of the molecule is CC(=O)Nc1cccc(-c2ccc(CN3CCCC(OCc4ccccn4)C3)s2)c1. The van der Waals surface area contributed by atoms with Gasteiger partial charge < -0.3 is 10.1 Å². The van der Waals surface area contributed by atoms with Crippen molar-refractivity contribution in [1.29, 1.82) is 0 Å². The lowest BCUT2D eigenvalue weighted by Crippen LogP contribution is -2.38. The fourth-order valence-corrected chi connectivity index (χ4v) is 4.82. The van der Waals surface area contributed by atoms with Crippen LogP contribution in [0.2, 0.25) is 0 Å². The van der Waals surface area contributed by atoms with Gasteiger partial charge in [-0.25, -0.2) is 0 Å². The molecule has 6 heteroatoms. The van der Waals surface area contributed by atoms with Crippen LogP contribution in [0.3, 0.4) is 0 Å². The predicted molar refractivity (Wildman–Crippen MR) is 121 cm³/mol. The second-order valence-corrected chi connectivity index (χ2v) is 8.83. The van der Waals surface area contributed by atoms with Crippen molar-refractivity contribution in [2.45, 2.75) is 39.0 Å². The van der Waals surface area contributed by atoms with E-state index in [1.807, 2.05) is 53.9 Å². The summed E-state index contributed by atoms with van der Waals surface area (Å²) in [6, 6.07) is 18.3. The molecule has 1 aliphatic rings. The number of amides is 1. The standard InChI is InChI=1S/C24H27N3O2S/c1-18(28)26-20-8-4-6-19(14-20)24-11-10-23(30-24)16-27-13-5-9-22(15-27)29-17-21-7-2-3-12-25-21/h2-4,6-8,10-12,14,22H,5,9,13,15-17H2,1H3,(H,26,28). The summed E-state index contributed by atoms with van der Waals surface area (Å²) in [5, 5.41) is 2.86. The summed E-state index contributed by atoms with van der Waals surface area (Å²) < 4.78 is 6.12. The summed E-state index contributed by atoms with van der Waals surface area (Å²) in [4.78, 5) is 20.7. The number of nitrogens with one attached hydrogen (secondary N) is 1. The van der Waals surface area contributed by atoms with Crippen LogP contribution < -0.4 is 5.32 Å². The van der Waals surface area contributed by atoms with Gasteiger partial charge in [0.05, 0.1) is 18.4 Å². The van der Waals surface area contributed by atoms with E-state index in [0.717, 1.165) is 49.4 Å². The molecule has 3 aromatic rings. The Morgan fingerprint density at radius 3 is 3.00 bits per heavy atom. The molecule has 1 aromatic carbocycles. The lowest BCUT2D eigenvalue weighted by atomic mass is 10.1. The van der Waals surface area contributed by atoms with Crippen LogP contribution in [0.15, 0.2) is 60.8 Å². The molecule has 0 spiro atoms. The van der Waals surface area contributed by atoms with Crippen LogP contribution in [0.4, 0.5) is 5.69 Å². The number of likely N-dealkylation sites (tertiary alicyclic amines) is 1. The van der Waals surface area contributed by atoms with E-state index in [1.165, 1.54) is 16.7 Å². The maximum absolute atomic E-state index is 11.3. The molecule has 1 aliphatic heterocycles. The number of piperidine rings is 1. The maximum Gasteiger partial charge on any atom is 0.221 e. The molecule has 1 fully saturated rings. The van der Waals surface area contributed by atoms with E-state index in [-0.39, 0.29) is 12.0 Å². The van der Waals surface area contributed by atoms with Crippen LogP contribution in [0.5, 0.6) is 0 Å². The minimum Gasteiger partial charge on any atom is -0.371 e. The van der Waals surface area contributed by atoms with Gasteiger partial charge in [0.2, 0.25) is 5.91 Å². The number of carbonyl (C=O) groups excluding carboxylic acids is 1. The van der Waals surface area contributed by atoms with E-state index < -0.39 is 0 Å². The Morgan fingerprint density at radius 2 is 2.17 bits per heavy atom. The van der Waals surface area contributed by atoms with Gasteiger partial charge in [0.15, 0.2) is 0 Å². The van der Waals surface area contributed by atoms with Crippen LogP contribution >= 0.6 is 11.3 Å². The third-order valence-corrected chi connectivity index (χ3v) is 6.28. The van der Waals surface area contributed by atoms with E-state index in [2.05, 4.69) is 33.4 Å². The smallest absolute Gasteiger partial charge is 0.221 e. The highest BCUT2D eigenvalue weighted by molar-refractivity contribution is 7.15. The lowest BCUT2D eigenvalue weighted by molar-refractivity contribution is -0.114. The average Bonchev–Trinajstić information content (AvgIpc) is 3.22. The molecule has 156 valence electrons. The Balaban J connectivity index is 1.33. The molecule has 1 unspecified atom stereocenters. The summed E-state index contributed by atoms with van der Waals surface area (Å²) in [6.45, 7) is 5.11. The van der Waals surface area contributed by atoms with Gasteiger partial charge in [-0.1, -0.05) is 18.2 Å². The fourth-order valence-electron chi connectivity index (χ4n) is 3.77. The van der Waals surface area contributed by atoms with Gasteiger partial charge in [-0.3, -0.25) is 14.7 Å². The molecule has 1 atom stereocenters. The van der Waals surface area contributed by atoms with E-state index >= 15 is 0 Å². The Labute approximate surface area is 181 Å². The normalized spacial score (nSPS) is 17.0. The molecule has 0 aliphatic carbocycles. The monoisotopic (exact) mass is 421 g/mol. The minimum absolute atomic E-state index is 0.0519. The van der Waals surface area contributed by atoms with Crippen molar-refractivity contribution in [3.8, 4) is 10.4 Å². The zero-order chi connectivity index (χ0) is 20.8. The molecule has 0 radical (unpaired) electrons. The summed E-state index contributed by atoms with van der Waals surface area (Å²) in [7, 11) is 0. The van der Waals surface area contributed by atoms with E-state index in [4.69, 9.17) is 4.74 Å². The number of hydrogen-bond donors (Lipinski definition) is 1. The molecular formula is C24H27N3O2S. The molecule has 0 bridgehead atoms. The molecule has 2 aromatic heterocycles. The zero-order valence-corrected chi connectivity index (χ0v) is 18.0. The summed E-state index contributed by atoms with van der Waals surface area (Å²) in [5.41, 5.74) is 2.95. The first kappa shape index (κ1) is 20.7. The molecular weight excluding hydrogens is 394 g/mol. The number of ether oxygens (including phenoxy) is 1. The molecule has 4 rings (SSSR count). The first-order valence-corrected chi connectivity index (χ1v) is 11.2. The van der Waals surface area contributed by atoms with Gasteiger partial charge in [0.1, 0.15) is 0 Å². The fraction of sp³-hybridized carbons (Fsp3) is 0.333. The van der Waals surface area contributed by atoms with Crippen molar-refractivity contribution in [3.05, 3.63) is 71.4 Å². The number of anilines is 1. The van der Waals surface area contributed by atoms with Gasteiger partial charge in [0, 0.05) is 41.7 Å². The number of thiophene rings is 1. The first-order chi connectivity index (χ1) is 14.7. The zero-order valence-electron chi connectivity index (χ0n) is 17.2. The van der Waals surface area contributed by atoms with Crippen molar-refractivity contribution in [3.63, 3.8) is 0 Å². The second kappa shape index (κ2) is 9.98. The maximum atomic E-state index is 11.3. The highest BCUT2D eigenvalue weighted by atomic mass is 32.1. The molecule has 3 heterocycles. The summed E-state index contributed by atoms with van der Waals surface area (Å²) >= 11 is 1.81. The van der Waals surface area contributed by atoms with Crippen LogP contribution in [-0.2, 0) is 22.7 Å². The van der Waals surface area contributed by atoms with Crippen LogP contribution in [0, 0.1) is 0 Å². The molecule has 1 N–H and O–H groups in total. The third-order valence-electron chi connectivity index (χ3n) is 5.16. The number of nitrogens with zero attached hydrogens (tertiary/aromatic N) is 2. The number of pyridine rings is 1. The number of rotatable bonds is 7. The highest BCUT2D eigenvalue weighted by Crippen LogP contribution is 2.31. The van der Waals surface area contributed by atoms with Gasteiger partial charge >= 0.3 is 0 Å². The summed E-state index contributed by atoms with van der Waals surface area (Å²) in [6.07, 6.45) is 4.33. The second-order valence-electron chi connectivity index (χ2n) is 7.66. The molecule has 5 nitrogen and oxygen atoms in total. The Morgan fingerprint density at radius 1 is 1.23 bits per heavy atom. The Bertz CT molecular complexity index is 973. The average molecular weight is 422 g/mol. The van der Waals surface area contributed by atoms with Crippen molar-refractivity contribution < 1.29 is 9.53 Å². The van der Waals surface area contributed by atoms with Crippen LogP contribution in [-0.4, -0.2) is 35.0 Å². The lowest BCUT2D eigenvalue weighted by Gasteiger charge is -2.32. The minimum atomic E-state index is -0.0519. The van der Waals surface area contributed by atoms with Gasteiger partial charge in [-0.05, 0) is 61.3 Å². The van der Waals surface area contributed by atoms with Crippen molar-refractivity contribution in [2.75, 3.05) is 18.4 Å². The largest absolute Gasteiger partial charge is 0.371 e. The third kappa shape index (κ3) is 5.75. The Kier molecular flexibility index (Phi) is 6.89. The number of aromatic nitrogens is 1. The molecule has 30 heavy (non-hydrogen) atoms. The molecule has 1 saturated heterocycles. The number of benzene rings is 1. The van der Waals surface area contributed by atoms with Crippen molar-refractivity contribution in [1.82, 2.24) is 9.88 Å². The van der Waals surface area contributed by atoms with Gasteiger partial charge in [-0.15, -0.1) is 11.3 Å². The highest BCUT2D eigenvalue weighted by Gasteiger charge is 2.21. The van der Waals surface area contributed by atoms with E-state index in [9.17, 15) is 4.79 Å². The molecule has 1 amide bonds. The van der Waals surface area contributed by atoms with Crippen molar-refractivity contribution >= 4 is 22.9 Å². The first-order valence-electron chi connectivity index (χ1n) is 10.4. The summed E-state index contributed by atoms with van der Waals surface area (Å²) in [5.74, 6) is -0.0519. The number of carbonyl (C=O) groups is 1. The Hall–Kier alpha value is -2.54. The van der Waals surface area contributed by atoms with Crippen LogP contribution in [0.1, 0.15) is 30.3 Å². The van der Waals surface area contributed by atoms with E-state index in [0.29, 0.717) is 6.61 Å². The van der Waals surface area contributed by atoms with E-state index in [1.54, 1.807) is 0 Å². The molecule has 0 saturated carbocycles. The quantitative estimate of drug-likeness (QED) is 0.586. The van der Waals surface area contributed by atoms with Gasteiger partial charge in [-0.2, -0.15) is 0 Å². The topological polar surface area (TPSA) is 54.5 Å². The predicted octanol–water partition coefficient (Wildman–Crippen LogP) is 4.95. The van der Waals surface area contributed by atoms with Crippen molar-refractivity contribution in [2.24, 2.45) is 0 Å².